The average molecular weight is 239 g/mol. The first-order valence-electron chi connectivity index (χ1n) is 6.91. The van der Waals surface area contributed by atoms with Gasteiger partial charge in [-0.15, -0.1) is 8.19 Å². The lowest BCUT2D eigenvalue weighted by Crippen LogP contribution is -1.85. The third-order valence-corrected chi connectivity index (χ3v) is 4.10. The second-order valence-electron chi connectivity index (χ2n) is 4.61. The molecule has 16 heavy (non-hydrogen) atoms. The van der Waals surface area contributed by atoms with Gasteiger partial charge in [-0.1, -0.05) is 58.3 Å². The zero-order valence-corrected chi connectivity index (χ0v) is 11.7. The van der Waals surface area contributed by atoms with Crippen LogP contribution in [0.5, 0.6) is 0 Å². The summed E-state index contributed by atoms with van der Waals surface area (Å²) in [5.74, 6) is 2.18. The molecule has 0 saturated carbocycles. The highest BCUT2D eigenvalue weighted by atomic mass is 31.0. The first-order chi connectivity index (χ1) is 7.93. The number of hydrogen-bond donors (Lipinski definition) is 0. The van der Waals surface area contributed by atoms with Crippen LogP contribution in [0.3, 0.4) is 0 Å². The van der Waals surface area contributed by atoms with Crippen molar-refractivity contribution in [3.05, 3.63) is 17.4 Å². The Morgan fingerprint density at radius 1 is 0.938 bits per heavy atom. The van der Waals surface area contributed by atoms with Crippen LogP contribution in [0.2, 0.25) is 0 Å². The van der Waals surface area contributed by atoms with Crippen molar-refractivity contribution in [2.24, 2.45) is 0 Å². The molecule has 0 radical (unpaired) electrons. The molecule has 0 aromatic carbocycles. The molecular formula is C14H26NP. The summed E-state index contributed by atoms with van der Waals surface area (Å²) >= 11 is 0. The van der Waals surface area contributed by atoms with Crippen LogP contribution >= 0.6 is 8.19 Å². The van der Waals surface area contributed by atoms with E-state index in [2.05, 4.69) is 17.7 Å². The average Bonchev–Trinajstić information content (AvgIpc) is 2.80. The van der Waals surface area contributed by atoms with Crippen LogP contribution in [-0.4, -0.2) is 4.98 Å². The van der Waals surface area contributed by atoms with E-state index < -0.39 is 0 Å². The Morgan fingerprint density at radius 2 is 1.56 bits per heavy atom. The van der Waals surface area contributed by atoms with Crippen molar-refractivity contribution in [2.45, 2.75) is 71.1 Å². The maximum atomic E-state index is 4.35. The van der Waals surface area contributed by atoms with Crippen molar-refractivity contribution in [1.29, 1.82) is 0 Å². The molecule has 0 aliphatic rings. The van der Waals surface area contributed by atoms with Gasteiger partial charge in [-0.2, -0.15) is 0 Å². The summed E-state index contributed by atoms with van der Waals surface area (Å²) in [7, 11) is 0.881. The first kappa shape index (κ1) is 13.8. The monoisotopic (exact) mass is 239 g/mol. The molecule has 1 aromatic heterocycles. The molecule has 0 amide bonds. The highest BCUT2D eigenvalue weighted by Gasteiger charge is 1.95. The summed E-state index contributed by atoms with van der Waals surface area (Å²) in [4.78, 5) is 4.35. The smallest absolute Gasteiger partial charge is 0.0561 e. The zero-order chi connectivity index (χ0) is 11.5. The van der Waals surface area contributed by atoms with Gasteiger partial charge in [0.15, 0.2) is 0 Å². The van der Waals surface area contributed by atoms with Crippen molar-refractivity contribution in [3.8, 4) is 0 Å². The zero-order valence-electron chi connectivity index (χ0n) is 10.7. The summed E-state index contributed by atoms with van der Waals surface area (Å²) in [6.07, 6.45) is 15.9. The fourth-order valence-corrected chi connectivity index (χ4v) is 2.85. The van der Waals surface area contributed by atoms with Crippen LogP contribution in [-0.2, 0) is 6.42 Å². The van der Waals surface area contributed by atoms with Gasteiger partial charge in [0.25, 0.3) is 0 Å². The van der Waals surface area contributed by atoms with Crippen LogP contribution < -0.4 is 0 Å². The van der Waals surface area contributed by atoms with Gasteiger partial charge in [0.05, 0.1) is 5.43 Å². The summed E-state index contributed by atoms with van der Waals surface area (Å²) in [5.41, 5.74) is 1.42. The maximum absolute atomic E-state index is 4.35. The molecule has 0 bridgehead atoms. The summed E-state index contributed by atoms with van der Waals surface area (Å²) in [6, 6.07) is 0. The van der Waals surface area contributed by atoms with Crippen molar-refractivity contribution >= 4 is 8.19 Å². The van der Waals surface area contributed by atoms with E-state index in [-0.39, 0.29) is 0 Å². The standard InChI is InChI=1S/C14H26NP/c1-2-3-4-5-6-7-8-9-10-11-14-15-12-13-16-14/h12-13,16H,2-11H2,1H3. The third kappa shape index (κ3) is 7.06. The summed E-state index contributed by atoms with van der Waals surface area (Å²) < 4.78 is 0. The molecule has 1 aromatic rings. The molecule has 92 valence electrons. The lowest BCUT2D eigenvalue weighted by Gasteiger charge is -2.01. The second kappa shape index (κ2) is 9.90. The molecule has 1 atom stereocenters. The van der Waals surface area contributed by atoms with E-state index in [4.69, 9.17) is 0 Å². The molecule has 0 spiro atoms. The molecule has 0 aliphatic heterocycles. The highest BCUT2D eigenvalue weighted by Crippen LogP contribution is 2.15. The number of aryl methyl sites for hydroxylation is 1. The predicted molar refractivity (Wildman–Crippen MR) is 74.7 cm³/mol. The lowest BCUT2D eigenvalue weighted by molar-refractivity contribution is 0.564. The van der Waals surface area contributed by atoms with Gasteiger partial charge >= 0.3 is 0 Å². The van der Waals surface area contributed by atoms with E-state index in [0.29, 0.717) is 0 Å². The normalized spacial score (nSPS) is 11.3. The van der Waals surface area contributed by atoms with Gasteiger partial charge < -0.3 is 0 Å². The van der Waals surface area contributed by atoms with Crippen molar-refractivity contribution in [2.75, 3.05) is 0 Å². The quantitative estimate of drug-likeness (QED) is 0.512. The molecule has 1 unspecified atom stereocenters. The van der Waals surface area contributed by atoms with Crippen LogP contribution in [0.25, 0.3) is 0 Å². The van der Waals surface area contributed by atoms with Crippen LogP contribution in [0.4, 0.5) is 0 Å². The Balaban J connectivity index is 1.78. The first-order valence-corrected chi connectivity index (χ1v) is 7.99. The Morgan fingerprint density at radius 3 is 2.12 bits per heavy atom. The SMILES string of the molecule is CCCCCCCCCCCc1ncc[pH]1. The van der Waals surface area contributed by atoms with Gasteiger partial charge in [-0.05, 0) is 18.6 Å². The summed E-state index contributed by atoms with van der Waals surface area (Å²) in [5, 5.41) is 0. The van der Waals surface area contributed by atoms with Gasteiger partial charge in [0, 0.05) is 6.20 Å². The Bertz CT molecular complexity index is 231. The fraction of sp³-hybridized carbons (Fsp3) is 0.786. The number of unbranched alkanes of at least 4 members (excludes halogenated alkanes) is 8. The Hall–Kier alpha value is -0.290. The fourth-order valence-electron chi connectivity index (χ4n) is 2.04. The van der Waals surface area contributed by atoms with E-state index >= 15 is 0 Å². The van der Waals surface area contributed by atoms with Gasteiger partial charge in [0.1, 0.15) is 0 Å². The molecular weight excluding hydrogens is 213 g/mol. The maximum Gasteiger partial charge on any atom is 0.0561 e. The largest absolute Gasteiger partial charge is 0.257 e. The van der Waals surface area contributed by atoms with Gasteiger partial charge in [0.2, 0.25) is 0 Å². The van der Waals surface area contributed by atoms with E-state index in [1.807, 2.05) is 6.20 Å². The topological polar surface area (TPSA) is 12.9 Å². The molecule has 0 saturated heterocycles. The minimum atomic E-state index is 0.881. The van der Waals surface area contributed by atoms with E-state index in [1.54, 1.807) is 0 Å². The van der Waals surface area contributed by atoms with Gasteiger partial charge in [-0.3, -0.25) is 4.98 Å². The van der Waals surface area contributed by atoms with E-state index in [0.717, 1.165) is 8.19 Å². The van der Waals surface area contributed by atoms with Crippen LogP contribution in [0.15, 0.2) is 12.0 Å². The Kier molecular flexibility index (Phi) is 8.52. The minimum absolute atomic E-state index is 0.881. The van der Waals surface area contributed by atoms with Crippen molar-refractivity contribution < 1.29 is 0 Å². The van der Waals surface area contributed by atoms with E-state index in [9.17, 15) is 0 Å². The predicted octanol–water partition coefficient (Wildman–Crippen LogP) is 5.19. The molecule has 2 heteroatoms. The molecule has 0 fully saturated rings. The van der Waals surface area contributed by atoms with Crippen LogP contribution in [0, 0.1) is 0 Å². The molecule has 1 heterocycles. The highest BCUT2D eigenvalue weighted by molar-refractivity contribution is 7.29. The number of rotatable bonds is 10. The van der Waals surface area contributed by atoms with Crippen molar-refractivity contribution in [1.82, 2.24) is 4.98 Å². The summed E-state index contributed by atoms with van der Waals surface area (Å²) in [6.45, 7) is 2.28. The molecule has 0 N–H and O–H groups in total. The Labute approximate surface area is 102 Å². The van der Waals surface area contributed by atoms with Crippen molar-refractivity contribution in [3.63, 3.8) is 0 Å². The lowest BCUT2D eigenvalue weighted by atomic mass is 10.1. The molecule has 0 aliphatic carbocycles. The minimum Gasteiger partial charge on any atom is -0.257 e. The second-order valence-corrected chi connectivity index (χ2v) is 5.81. The molecule has 1 rings (SSSR count). The number of aromatic nitrogens is 1. The van der Waals surface area contributed by atoms with Gasteiger partial charge in [-0.25, -0.2) is 0 Å². The van der Waals surface area contributed by atoms with Crippen LogP contribution in [0.1, 0.15) is 70.1 Å². The van der Waals surface area contributed by atoms with E-state index in [1.165, 1.54) is 69.6 Å². The molecule has 1 nitrogen and oxygen atoms in total. The third-order valence-electron chi connectivity index (χ3n) is 3.07. The number of hydrogen-bond acceptors (Lipinski definition) is 1. The number of nitrogens with zero attached hydrogens (tertiary/aromatic N) is 1.